The molecule has 1 aliphatic heterocycles. The maximum absolute atomic E-state index is 12.6. The predicted molar refractivity (Wildman–Crippen MR) is 111 cm³/mol. The van der Waals surface area contributed by atoms with Crippen LogP contribution in [0.5, 0.6) is 5.75 Å². The minimum Gasteiger partial charge on any atom is -0.496 e. The van der Waals surface area contributed by atoms with Gasteiger partial charge < -0.3 is 4.74 Å². The number of methoxy groups -OCH3 is 1. The van der Waals surface area contributed by atoms with E-state index in [1.165, 1.54) is 16.7 Å². The van der Waals surface area contributed by atoms with Crippen molar-refractivity contribution in [3.8, 4) is 5.75 Å². The number of ether oxygens (including phenoxy) is 1. The zero-order valence-corrected chi connectivity index (χ0v) is 16.1. The zero-order chi connectivity index (χ0) is 19.2. The van der Waals surface area contributed by atoms with Crippen molar-refractivity contribution in [3.05, 3.63) is 65.1 Å². The number of nitrogens with zero attached hydrogens (tertiary/aromatic N) is 1. The van der Waals surface area contributed by atoms with Gasteiger partial charge in [-0.2, -0.15) is 0 Å². The molecule has 0 spiro atoms. The molecular weight excluding hydrogens is 382 g/mol. The summed E-state index contributed by atoms with van der Waals surface area (Å²) in [5.74, 6) is -0.00738. The first-order valence-corrected chi connectivity index (χ1v) is 9.29. The maximum Gasteiger partial charge on any atom is 0.266 e. The Morgan fingerprint density at radius 3 is 2.63 bits per heavy atom. The van der Waals surface area contributed by atoms with E-state index >= 15 is 0 Å². The molecule has 138 valence electrons. The Hall–Kier alpha value is -2.84. The van der Waals surface area contributed by atoms with Gasteiger partial charge in [-0.1, -0.05) is 60.4 Å². The van der Waals surface area contributed by atoms with E-state index in [-0.39, 0.29) is 18.4 Å². The highest BCUT2D eigenvalue weighted by molar-refractivity contribution is 8.26. The van der Waals surface area contributed by atoms with Gasteiger partial charge in [-0.05, 0) is 24.3 Å². The van der Waals surface area contributed by atoms with Crippen LogP contribution < -0.4 is 15.6 Å². The molecule has 2 aromatic carbocycles. The van der Waals surface area contributed by atoms with Crippen LogP contribution in [0.25, 0.3) is 6.08 Å². The van der Waals surface area contributed by atoms with Crippen LogP contribution in [0.15, 0.2) is 59.5 Å². The Balaban J connectivity index is 1.65. The standard InChI is InChI=1S/C19H17N3O3S2/c1-25-15-10-6-5-7-13(15)11-16-18(24)22(19(26)27-16)12-17(23)21-20-14-8-3-2-4-9-14/h2-11,20H,12H2,1H3,(H,21,23)/b16-11+. The quantitative estimate of drug-likeness (QED) is 0.442. The van der Waals surface area contributed by atoms with E-state index in [0.29, 0.717) is 15.0 Å². The van der Waals surface area contributed by atoms with E-state index in [2.05, 4.69) is 10.9 Å². The lowest BCUT2D eigenvalue weighted by Gasteiger charge is -2.15. The second-order valence-electron chi connectivity index (χ2n) is 5.55. The first kappa shape index (κ1) is 18.9. The van der Waals surface area contributed by atoms with Crippen LogP contribution in [-0.4, -0.2) is 34.7 Å². The van der Waals surface area contributed by atoms with Gasteiger partial charge >= 0.3 is 0 Å². The van der Waals surface area contributed by atoms with Gasteiger partial charge in [0.05, 0.1) is 17.7 Å². The second-order valence-corrected chi connectivity index (χ2v) is 7.22. The average molecular weight is 399 g/mol. The number of nitrogens with one attached hydrogen (secondary N) is 2. The van der Waals surface area contributed by atoms with Crippen molar-refractivity contribution in [1.29, 1.82) is 0 Å². The maximum atomic E-state index is 12.6. The summed E-state index contributed by atoms with van der Waals surface area (Å²) in [6.45, 7) is -0.159. The van der Waals surface area contributed by atoms with Crippen LogP contribution in [0.1, 0.15) is 5.56 Å². The Morgan fingerprint density at radius 2 is 1.89 bits per heavy atom. The van der Waals surface area contributed by atoms with E-state index < -0.39 is 0 Å². The highest BCUT2D eigenvalue weighted by Gasteiger charge is 2.33. The van der Waals surface area contributed by atoms with Gasteiger partial charge in [0.25, 0.3) is 11.8 Å². The number of amides is 2. The molecule has 0 radical (unpaired) electrons. The minimum atomic E-state index is -0.367. The number of anilines is 1. The van der Waals surface area contributed by atoms with Crippen molar-refractivity contribution >= 4 is 51.9 Å². The molecule has 0 aliphatic carbocycles. The molecule has 6 nitrogen and oxygen atoms in total. The summed E-state index contributed by atoms with van der Waals surface area (Å²) < 4.78 is 5.64. The highest BCUT2D eigenvalue weighted by atomic mass is 32.2. The largest absolute Gasteiger partial charge is 0.496 e. The Bertz CT molecular complexity index is 900. The third-order valence-corrected chi connectivity index (χ3v) is 5.10. The molecule has 27 heavy (non-hydrogen) atoms. The number of hydrazine groups is 1. The van der Waals surface area contributed by atoms with Gasteiger partial charge in [-0.25, -0.2) is 0 Å². The van der Waals surface area contributed by atoms with Crippen LogP contribution in [0.3, 0.4) is 0 Å². The SMILES string of the molecule is COc1ccccc1/C=C1/SC(=S)N(CC(=O)NNc2ccccc2)C1=O. The summed E-state index contributed by atoms with van der Waals surface area (Å²) in [5, 5.41) is 0. The van der Waals surface area contributed by atoms with Crippen LogP contribution in [0.2, 0.25) is 0 Å². The van der Waals surface area contributed by atoms with Crippen molar-refractivity contribution in [1.82, 2.24) is 10.3 Å². The van der Waals surface area contributed by atoms with Gasteiger partial charge in [0, 0.05) is 5.56 Å². The van der Waals surface area contributed by atoms with Crippen LogP contribution in [-0.2, 0) is 9.59 Å². The number of benzene rings is 2. The summed E-state index contributed by atoms with van der Waals surface area (Å²) in [4.78, 5) is 26.5. The number of rotatable bonds is 6. The number of carbonyl (C=O) groups is 2. The van der Waals surface area contributed by atoms with Crippen LogP contribution in [0.4, 0.5) is 5.69 Å². The number of thiocarbonyl (C=S) groups is 1. The van der Waals surface area contributed by atoms with Crippen molar-refractivity contribution < 1.29 is 14.3 Å². The third-order valence-electron chi connectivity index (χ3n) is 3.72. The average Bonchev–Trinajstić information content (AvgIpc) is 2.95. The summed E-state index contributed by atoms with van der Waals surface area (Å²) in [6, 6.07) is 16.6. The lowest BCUT2D eigenvalue weighted by Crippen LogP contribution is -2.41. The number of hydrogen-bond donors (Lipinski definition) is 2. The molecule has 1 saturated heterocycles. The molecule has 8 heteroatoms. The molecule has 2 aromatic rings. The van der Waals surface area contributed by atoms with Crippen LogP contribution in [0, 0.1) is 0 Å². The molecule has 2 N–H and O–H groups in total. The summed E-state index contributed by atoms with van der Waals surface area (Å²) in [7, 11) is 1.57. The Kier molecular flexibility index (Phi) is 6.10. The Morgan fingerprint density at radius 1 is 1.19 bits per heavy atom. The van der Waals surface area contributed by atoms with Crippen molar-refractivity contribution in [2.75, 3.05) is 19.1 Å². The van der Waals surface area contributed by atoms with E-state index in [1.54, 1.807) is 13.2 Å². The number of para-hydroxylation sites is 2. The normalized spacial score (nSPS) is 15.1. The highest BCUT2D eigenvalue weighted by Crippen LogP contribution is 2.33. The molecule has 1 heterocycles. The lowest BCUT2D eigenvalue weighted by molar-refractivity contribution is -0.128. The second kappa shape index (κ2) is 8.70. The van der Waals surface area contributed by atoms with Crippen LogP contribution >= 0.6 is 24.0 Å². The van der Waals surface area contributed by atoms with Crippen molar-refractivity contribution in [2.24, 2.45) is 0 Å². The van der Waals surface area contributed by atoms with E-state index in [9.17, 15) is 9.59 Å². The molecule has 1 fully saturated rings. The lowest BCUT2D eigenvalue weighted by atomic mass is 10.2. The molecule has 0 saturated carbocycles. The number of hydrogen-bond acceptors (Lipinski definition) is 6. The molecule has 0 bridgehead atoms. The molecule has 2 amide bonds. The first-order valence-electron chi connectivity index (χ1n) is 8.07. The molecule has 0 aromatic heterocycles. The summed E-state index contributed by atoms with van der Waals surface area (Å²) in [6.07, 6.45) is 1.72. The molecule has 0 atom stereocenters. The van der Waals surface area contributed by atoms with Gasteiger partial charge in [0.2, 0.25) is 0 Å². The number of thioether (sulfide) groups is 1. The van der Waals surface area contributed by atoms with Gasteiger partial charge in [-0.3, -0.25) is 25.3 Å². The summed E-state index contributed by atoms with van der Waals surface area (Å²) >= 11 is 6.43. The van der Waals surface area contributed by atoms with Crippen molar-refractivity contribution in [3.63, 3.8) is 0 Å². The molecule has 3 rings (SSSR count). The zero-order valence-electron chi connectivity index (χ0n) is 14.5. The van der Waals surface area contributed by atoms with Gasteiger partial charge in [0.1, 0.15) is 16.6 Å². The van der Waals surface area contributed by atoms with E-state index in [4.69, 9.17) is 17.0 Å². The molecule has 1 aliphatic rings. The fraction of sp³-hybridized carbons (Fsp3) is 0.105. The molecule has 0 unspecified atom stereocenters. The summed E-state index contributed by atoms with van der Waals surface area (Å²) in [5.41, 5.74) is 6.87. The monoisotopic (exact) mass is 399 g/mol. The molecular formula is C19H17N3O3S2. The topological polar surface area (TPSA) is 70.7 Å². The smallest absolute Gasteiger partial charge is 0.266 e. The number of carbonyl (C=O) groups excluding carboxylic acids is 2. The predicted octanol–water partition coefficient (Wildman–Crippen LogP) is 3.04. The van der Waals surface area contributed by atoms with Gasteiger partial charge in [-0.15, -0.1) is 0 Å². The van der Waals surface area contributed by atoms with Gasteiger partial charge in [0.15, 0.2) is 0 Å². The fourth-order valence-electron chi connectivity index (χ4n) is 2.41. The van der Waals surface area contributed by atoms with E-state index in [0.717, 1.165) is 11.3 Å². The third kappa shape index (κ3) is 4.66. The minimum absolute atomic E-state index is 0.159. The Labute approximate surface area is 166 Å². The van der Waals surface area contributed by atoms with Crippen molar-refractivity contribution in [2.45, 2.75) is 0 Å². The van der Waals surface area contributed by atoms with E-state index in [1.807, 2.05) is 54.6 Å². The fourth-order valence-corrected chi connectivity index (χ4v) is 3.66. The first-order chi connectivity index (χ1) is 13.1.